The number of nitriles is 1. The van der Waals surface area contributed by atoms with Crippen LogP contribution in [0, 0.1) is 11.3 Å². The smallest absolute Gasteiger partial charge is 0.127 e. The number of nitrogens with zero attached hydrogens (tertiary/aromatic N) is 1. The van der Waals surface area contributed by atoms with Gasteiger partial charge in [0.15, 0.2) is 0 Å². The lowest BCUT2D eigenvalue weighted by molar-refractivity contribution is 0.00842. The summed E-state index contributed by atoms with van der Waals surface area (Å²) in [7, 11) is 0. The van der Waals surface area contributed by atoms with Crippen molar-refractivity contribution in [2.24, 2.45) is 0 Å². The summed E-state index contributed by atoms with van der Waals surface area (Å²) in [5.74, 6) is 1.48. The van der Waals surface area contributed by atoms with E-state index in [2.05, 4.69) is 43.3 Å². The molecule has 0 aromatic heterocycles. The van der Waals surface area contributed by atoms with Crippen LogP contribution in [0.15, 0.2) is 30.3 Å². The minimum atomic E-state index is 0.530. The Morgan fingerprint density at radius 1 is 1.12 bits per heavy atom. The zero-order valence-electron chi connectivity index (χ0n) is 14.0. The van der Waals surface area contributed by atoms with Crippen molar-refractivity contribution in [2.75, 3.05) is 13.2 Å². The van der Waals surface area contributed by atoms with Gasteiger partial charge in [-0.1, -0.05) is 25.1 Å². The fourth-order valence-electron chi connectivity index (χ4n) is 3.56. The number of ether oxygens (including phenoxy) is 2. The maximum atomic E-state index is 8.88. The van der Waals surface area contributed by atoms with Gasteiger partial charge in [-0.25, -0.2) is 0 Å². The van der Waals surface area contributed by atoms with Gasteiger partial charge in [-0.2, -0.15) is 5.26 Å². The molecule has 1 fully saturated rings. The summed E-state index contributed by atoms with van der Waals surface area (Å²) in [6, 6.07) is 13.4. The predicted octanol–water partition coefficient (Wildman–Crippen LogP) is 4.38. The lowest BCUT2D eigenvalue weighted by Gasteiger charge is -2.29. The molecule has 3 heteroatoms. The van der Waals surface area contributed by atoms with E-state index in [9.17, 15) is 0 Å². The molecule has 2 aliphatic rings. The first kappa shape index (κ1) is 15.2. The molecular formula is C21H21NO2. The second-order valence-electron chi connectivity index (χ2n) is 6.57. The van der Waals surface area contributed by atoms with Gasteiger partial charge >= 0.3 is 0 Å². The van der Waals surface area contributed by atoms with Crippen LogP contribution in [-0.4, -0.2) is 13.2 Å². The molecule has 2 aromatic rings. The maximum absolute atomic E-state index is 8.88. The maximum Gasteiger partial charge on any atom is 0.127 e. The lowest BCUT2D eigenvalue weighted by atomic mass is 9.87. The van der Waals surface area contributed by atoms with E-state index in [1.54, 1.807) is 0 Å². The highest BCUT2D eigenvalue weighted by atomic mass is 16.5. The molecule has 2 aliphatic heterocycles. The highest BCUT2D eigenvalue weighted by Crippen LogP contribution is 2.41. The van der Waals surface area contributed by atoms with Gasteiger partial charge in [0.1, 0.15) is 12.4 Å². The zero-order valence-corrected chi connectivity index (χ0v) is 14.0. The van der Waals surface area contributed by atoms with Crippen molar-refractivity contribution in [1.82, 2.24) is 0 Å². The first-order valence-corrected chi connectivity index (χ1v) is 8.66. The highest BCUT2D eigenvalue weighted by Gasteiger charge is 2.24. The SMILES string of the molecule is CCc1cc2c(cc1CCC#N)OCc1ccc(C3COC3)cc1-2. The van der Waals surface area contributed by atoms with Gasteiger partial charge in [0, 0.05) is 17.9 Å². The van der Waals surface area contributed by atoms with E-state index >= 15 is 0 Å². The number of hydrogen-bond donors (Lipinski definition) is 0. The molecule has 3 nitrogen and oxygen atoms in total. The highest BCUT2D eigenvalue weighted by molar-refractivity contribution is 5.77. The average molecular weight is 319 g/mol. The molecule has 2 heterocycles. The third-order valence-electron chi connectivity index (χ3n) is 5.11. The van der Waals surface area contributed by atoms with Crippen molar-refractivity contribution in [3.05, 3.63) is 52.6 Å². The Kier molecular flexibility index (Phi) is 4.00. The third-order valence-corrected chi connectivity index (χ3v) is 5.11. The van der Waals surface area contributed by atoms with Gasteiger partial charge in [-0.3, -0.25) is 0 Å². The van der Waals surface area contributed by atoms with Crippen LogP contribution in [0.4, 0.5) is 0 Å². The summed E-state index contributed by atoms with van der Waals surface area (Å²) in [5.41, 5.74) is 7.65. The molecule has 0 aliphatic carbocycles. The number of rotatable bonds is 4. The molecule has 1 saturated heterocycles. The minimum absolute atomic E-state index is 0.530. The fourth-order valence-corrected chi connectivity index (χ4v) is 3.56. The first-order chi connectivity index (χ1) is 11.8. The zero-order chi connectivity index (χ0) is 16.5. The summed E-state index contributed by atoms with van der Waals surface area (Å²) >= 11 is 0. The van der Waals surface area contributed by atoms with Gasteiger partial charge in [-0.15, -0.1) is 0 Å². The molecule has 0 N–H and O–H groups in total. The number of fused-ring (bicyclic) bond motifs is 3. The van der Waals surface area contributed by atoms with Crippen molar-refractivity contribution in [1.29, 1.82) is 5.26 Å². The van der Waals surface area contributed by atoms with Crippen LogP contribution in [0.5, 0.6) is 5.75 Å². The molecule has 4 rings (SSSR count). The van der Waals surface area contributed by atoms with E-state index in [1.165, 1.54) is 33.4 Å². The molecular weight excluding hydrogens is 298 g/mol. The summed E-state index contributed by atoms with van der Waals surface area (Å²) in [6.07, 6.45) is 2.32. The monoisotopic (exact) mass is 319 g/mol. The molecule has 0 saturated carbocycles. The Labute approximate surface area is 142 Å². The third kappa shape index (κ3) is 2.57. The van der Waals surface area contributed by atoms with Crippen molar-refractivity contribution in [3.63, 3.8) is 0 Å². The Bertz CT molecular complexity index is 815. The van der Waals surface area contributed by atoms with Crippen LogP contribution in [0.25, 0.3) is 11.1 Å². The summed E-state index contributed by atoms with van der Waals surface area (Å²) < 4.78 is 11.3. The molecule has 0 unspecified atom stereocenters. The van der Waals surface area contributed by atoms with Crippen LogP contribution < -0.4 is 4.74 Å². The summed E-state index contributed by atoms with van der Waals surface area (Å²) in [5, 5.41) is 8.88. The normalized spacial score (nSPS) is 15.7. The Balaban J connectivity index is 1.78. The van der Waals surface area contributed by atoms with Gasteiger partial charge in [0.25, 0.3) is 0 Å². The molecule has 122 valence electrons. The average Bonchev–Trinajstić information content (AvgIpc) is 2.57. The number of aryl methyl sites for hydroxylation is 2. The second kappa shape index (κ2) is 6.30. The van der Waals surface area contributed by atoms with E-state index in [-0.39, 0.29) is 0 Å². The number of benzene rings is 2. The van der Waals surface area contributed by atoms with Gasteiger partial charge in [0.2, 0.25) is 0 Å². The number of hydrogen-bond acceptors (Lipinski definition) is 3. The lowest BCUT2D eigenvalue weighted by Crippen LogP contribution is -2.25. The first-order valence-electron chi connectivity index (χ1n) is 8.66. The molecule has 0 amide bonds. The molecule has 0 spiro atoms. The molecule has 24 heavy (non-hydrogen) atoms. The van der Waals surface area contributed by atoms with E-state index in [0.717, 1.165) is 31.8 Å². The quantitative estimate of drug-likeness (QED) is 0.840. The van der Waals surface area contributed by atoms with Crippen LogP contribution in [-0.2, 0) is 24.2 Å². The van der Waals surface area contributed by atoms with Crippen LogP contribution in [0.2, 0.25) is 0 Å². The summed E-state index contributed by atoms with van der Waals surface area (Å²) in [4.78, 5) is 0. The van der Waals surface area contributed by atoms with Crippen LogP contribution in [0.1, 0.15) is 41.5 Å². The van der Waals surface area contributed by atoms with Crippen molar-refractivity contribution >= 4 is 0 Å². The van der Waals surface area contributed by atoms with Gasteiger partial charge < -0.3 is 9.47 Å². The molecule has 2 aromatic carbocycles. The van der Waals surface area contributed by atoms with Crippen molar-refractivity contribution in [3.8, 4) is 22.9 Å². The fraction of sp³-hybridized carbons (Fsp3) is 0.381. The largest absolute Gasteiger partial charge is 0.488 e. The predicted molar refractivity (Wildman–Crippen MR) is 93.1 cm³/mol. The van der Waals surface area contributed by atoms with E-state index < -0.39 is 0 Å². The van der Waals surface area contributed by atoms with Gasteiger partial charge in [-0.05, 0) is 52.8 Å². The van der Waals surface area contributed by atoms with Crippen molar-refractivity contribution in [2.45, 2.75) is 38.7 Å². The Morgan fingerprint density at radius 3 is 2.71 bits per heavy atom. The molecule has 0 radical (unpaired) electrons. The van der Waals surface area contributed by atoms with Crippen molar-refractivity contribution < 1.29 is 9.47 Å². The molecule has 0 bridgehead atoms. The Hall–Kier alpha value is -2.31. The van der Waals surface area contributed by atoms with E-state index in [4.69, 9.17) is 14.7 Å². The van der Waals surface area contributed by atoms with Crippen LogP contribution in [0.3, 0.4) is 0 Å². The second-order valence-corrected chi connectivity index (χ2v) is 6.57. The van der Waals surface area contributed by atoms with Gasteiger partial charge in [0.05, 0.1) is 19.3 Å². The van der Waals surface area contributed by atoms with E-state index in [0.29, 0.717) is 18.9 Å². The molecule has 0 atom stereocenters. The Morgan fingerprint density at radius 2 is 2.00 bits per heavy atom. The standard InChI is InChI=1S/C21H21NO2/c1-2-14-8-20-19-9-16(18-11-23-12-18)5-6-17(19)13-24-21(20)10-15(14)4-3-7-22/h5-6,8-10,18H,2-4,11-13H2,1H3. The van der Waals surface area contributed by atoms with E-state index in [1.807, 2.05) is 0 Å². The van der Waals surface area contributed by atoms with Crippen LogP contribution >= 0.6 is 0 Å². The summed E-state index contributed by atoms with van der Waals surface area (Å²) in [6.45, 7) is 4.45. The minimum Gasteiger partial charge on any atom is -0.488 e. The topological polar surface area (TPSA) is 42.2 Å².